The fraction of sp³-hybridized carbons (Fsp3) is 0.400. The highest BCUT2D eigenvalue weighted by atomic mass is 35.5. The van der Waals surface area contributed by atoms with Gasteiger partial charge in [-0.15, -0.1) is 0 Å². The summed E-state index contributed by atoms with van der Waals surface area (Å²) >= 11 is 6.66. The smallest absolute Gasteiger partial charge is 0.278 e. The van der Waals surface area contributed by atoms with E-state index in [0.717, 1.165) is 22.3 Å². The number of aromatic nitrogens is 4. The number of piperidine rings is 1. The Morgan fingerprint density at radius 1 is 1.26 bits per heavy atom. The molecule has 0 atom stereocenters. The Bertz CT molecular complexity index is 1120. The number of fused-ring (bicyclic) bond motifs is 1. The van der Waals surface area contributed by atoms with Crippen LogP contribution in [-0.4, -0.2) is 61.1 Å². The van der Waals surface area contributed by atoms with Crippen molar-refractivity contribution in [1.29, 1.82) is 0 Å². The second kappa shape index (κ2) is 6.65. The predicted octanol–water partition coefficient (Wildman–Crippen LogP) is -1.24. The topological polar surface area (TPSA) is 93.6 Å². The van der Waals surface area contributed by atoms with Gasteiger partial charge >= 0.3 is 0 Å². The van der Waals surface area contributed by atoms with E-state index >= 15 is 0 Å². The normalized spacial score (nSPS) is 17.0. The minimum absolute atomic E-state index is 0.104. The van der Waals surface area contributed by atoms with Gasteiger partial charge in [-0.05, 0) is 29.8 Å². The Hall–Kier alpha value is -1.84. The number of rotatable bonds is 3. The lowest BCUT2D eigenvalue weighted by Gasteiger charge is -2.32. The zero-order valence-corrected chi connectivity index (χ0v) is 16.9. The Kier molecular flexibility index (Phi) is 4.56. The van der Waals surface area contributed by atoms with Crippen molar-refractivity contribution in [2.45, 2.75) is 30.8 Å². The summed E-state index contributed by atoms with van der Waals surface area (Å²) < 4.78 is 33.9. The monoisotopic (exact) mass is 405 g/mol. The van der Waals surface area contributed by atoms with Crippen LogP contribution in [0, 0.1) is 6.92 Å². The van der Waals surface area contributed by atoms with E-state index in [1.54, 1.807) is 11.4 Å². The van der Waals surface area contributed by atoms with Gasteiger partial charge in [0.25, 0.3) is 15.1 Å². The van der Waals surface area contributed by atoms with Gasteiger partial charge in [0.05, 0.1) is 6.20 Å². The van der Waals surface area contributed by atoms with E-state index in [-0.39, 0.29) is 11.0 Å². The first kappa shape index (κ1) is 18.5. The molecule has 0 aromatic carbocycles. The van der Waals surface area contributed by atoms with Crippen LogP contribution in [0.4, 0.5) is 0 Å². The summed E-state index contributed by atoms with van der Waals surface area (Å²) in [6.45, 7) is 2.42. The highest BCUT2D eigenvalue weighted by Crippen LogP contribution is 2.33. The quantitative estimate of drug-likeness (QED) is 0.507. The predicted molar refractivity (Wildman–Crippen MR) is 106 cm³/mol. The third kappa shape index (κ3) is 2.97. The standard InChI is InChI=1S/C15H18B2ClN5O3S/c1-8-19-6-10(26-8)27(24,25)22-4-2-9(3-5-22)11-13(18)12(16)15-20-7-21-23(15)14(11)17/h6-7,9H,2-5,16-17H2,1H3. The summed E-state index contributed by atoms with van der Waals surface area (Å²) in [5.41, 5.74) is 3.62. The molecule has 0 saturated carbocycles. The van der Waals surface area contributed by atoms with Crippen LogP contribution in [0.2, 0.25) is 5.02 Å². The Labute approximate surface area is 163 Å². The zero-order valence-electron chi connectivity index (χ0n) is 15.3. The highest BCUT2D eigenvalue weighted by molar-refractivity contribution is 7.89. The average Bonchev–Trinajstić information content (AvgIpc) is 3.30. The molecule has 1 saturated heterocycles. The SMILES string of the molecule is Bc1c(Cl)c(C2CCN(S(=O)(=O)c3cnc(C)o3)CC2)c(B)n2ncnc12. The zero-order chi connectivity index (χ0) is 19.3. The van der Waals surface area contributed by atoms with Gasteiger partial charge in [0, 0.05) is 30.6 Å². The Morgan fingerprint density at radius 3 is 2.59 bits per heavy atom. The number of oxazole rings is 1. The molecule has 1 aliphatic rings. The molecule has 0 spiro atoms. The average molecular weight is 405 g/mol. The van der Waals surface area contributed by atoms with Gasteiger partial charge in [-0.25, -0.2) is 22.9 Å². The van der Waals surface area contributed by atoms with Gasteiger partial charge in [-0.2, -0.15) is 9.40 Å². The van der Waals surface area contributed by atoms with Gasteiger partial charge in [0.15, 0.2) is 13.7 Å². The lowest BCUT2D eigenvalue weighted by Crippen LogP contribution is -2.39. The first-order chi connectivity index (χ1) is 12.8. The second-order valence-electron chi connectivity index (χ2n) is 6.81. The number of aryl methyl sites for hydroxylation is 1. The number of hydrogen-bond donors (Lipinski definition) is 0. The molecule has 0 radical (unpaired) electrons. The van der Waals surface area contributed by atoms with Gasteiger partial charge in [-0.3, -0.25) is 0 Å². The number of sulfonamides is 1. The third-order valence-corrected chi connectivity index (χ3v) is 7.44. The maximum absolute atomic E-state index is 12.7. The molecule has 0 unspecified atom stereocenters. The molecule has 0 amide bonds. The summed E-state index contributed by atoms with van der Waals surface area (Å²) in [4.78, 5) is 8.16. The van der Waals surface area contributed by atoms with Gasteiger partial charge in [0.2, 0.25) is 0 Å². The molecule has 3 aromatic heterocycles. The van der Waals surface area contributed by atoms with E-state index in [4.69, 9.17) is 16.0 Å². The first-order valence-corrected chi connectivity index (χ1v) is 10.5. The number of pyridine rings is 1. The van der Waals surface area contributed by atoms with Crippen molar-refractivity contribution in [3.8, 4) is 0 Å². The van der Waals surface area contributed by atoms with Crippen LogP contribution < -0.4 is 11.1 Å². The fourth-order valence-electron chi connectivity index (χ4n) is 3.76. The molecule has 3 aromatic rings. The van der Waals surface area contributed by atoms with Gasteiger partial charge in [0.1, 0.15) is 19.8 Å². The summed E-state index contributed by atoms with van der Waals surface area (Å²) in [5, 5.41) is 4.88. The van der Waals surface area contributed by atoms with Crippen LogP contribution in [0.15, 0.2) is 22.0 Å². The second-order valence-corrected chi connectivity index (χ2v) is 9.06. The summed E-state index contributed by atoms with van der Waals surface area (Å²) in [5.74, 6) is 0.496. The number of hydrogen-bond acceptors (Lipinski definition) is 6. The molecule has 1 aliphatic heterocycles. The largest absolute Gasteiger partial charge is 0.428 e. The van der Waals surface area contributed by atoms with Crippen molar-refractivity contribution in [2.24, 2.45) is 0 Å². The molecule has 27 heavy (non-hydrogen) atoms. The van der Waals surface area contributed by atoms with Crippen molar-refractivity contribution < 1.29 is 12.8 Å². The molecule has 0 aliphatic carbocycles. The molecule has 4 heterocycles. The van der Waals surface area contributed by atoms with Crippen molar-refractivity contribution >= 4 is 54.0 Å². The molecule has 140 valence electrons. The molecular weight excluding hydrogens is 387 g/mol. The summed E-state index contributed by atoms with van der Waals surface area (Å²) in [6, 6.07) is 0. The number of halogens is 1. The maximum atomic E-state index is 12.7. The van der Waals surface area contributed by atoms with Gasteiger partial charge in [-0.1, -0.05) is 11.6 Å². The first-order valence-electron chi connectivity index (χ1n) is 8.71. The third-order valence-electron chi connectivity index (χ3n) is 5.21. The van der Waals surface area contributed by atoms with E-state index in [1.807, 2.05) is 15.7 Å². The molecule has 0 N–H and O–H groups in total. The fourth-order valence-corrected chi connectivity index (χ4v) is 5.50. The van der Waals surface area contributed by atoms with Crippen molar-refractivity contribution in [3.05, 3.63) is 29.0 Å². The van der Waals surface area contributed by atoms with E-state index in [9.17, 15) is 8.42 Å². The summed E-state index contributed by atoms with van der Waals surface area (Å²) in [6.07, 6.45) is 4.13. The maximum Gasteiger partial charge on any atom is 0.278 e. The highest BCUT2D eigenvalue weighted by Gasteiger charge is 2.34. The van der Waals surface area contributed by atoms with E-state index in [1.165, 1.54) is 16.8 Å². The number of nitrogens with zero attached hydrogens (tertiary/aromatic N) is 5. The Balaban J connectivity index is 1.61. The summed E-state index contributed by atoms with van der Waals surface area (Å²) in [7, 11) is 0.249. The molecule has 1 fully saturated rings. The van der Waals surface area contributed by atoms with Crippen LogP contribution in [0.1, 0.15) is 30.2 Å². The van der Waals surface area contributed by atoms with Crippen LogP contribution in [-0.2, 0) is 10.0 Å². The van der Waals surface area contributed by atoms with Crippen molar-refractivity contribution in [2.75, 3.05) is 13.1 Å². The molecule has 0 bridgehead atoms. The lowest BCUT2D eigenvalue weighted by molar-refractivity contribution is 0.308. The van der Waals surface area contributed by atoms with Crippen LogP contribution in [0.25, 0.3) is 5.65 Å². The van der Waals surface area contributed by atoms with Crippen LogP contribution in [0.5, 0.6) is 0 Å². The molecular formula is C15H18B2ClN5O3S. The van der Waals surface area contributed by atoms with E-state index < -0.39 is 10.0 Å². The Morgan fingerprint density at radius 2 is 1.96 bits per heavy atom. The molecule has 8 nitrogen and oxygen atoms in total. The van der Waals surface area contributed by atoms with Crippen molar-refractivity contribution in [3.63, 3.8) is 0 Å². The van der Waals surface area contributed by atoms with Crippen LogP contribution in [0.3, 0.4) is 0 Å². The van der Waals surface area contributed by atoms with Crippen LogP contribution >= 0.6 is 11.6 Å². The minimum Gasteiger partial charge on any atom is -0.428 e. The minimum atomic E-state index is -3.66. The molecule has 12 heteroatoms. The van der Waals surface area contributed by atoms with Gasteiger partial charge < -0.3 is 4.42 Å². The lowest BCUT2D eigenvalue weighted by atomic mass is 9.80. The molecule has 4 rings (SSSR count). The van der Waals surface area contributed by atoms with Crippen molar-refractivity contribution in [1.82, 2.24) is 23.9 Å². The van der Waals surface area contributed by atoms with E-state index in [0.29, 0.717) is 36.8 Å². The van der Waals surface area contributed by atoms with E-state index in [2.05, 4.69) is 15.1 Å².